The fourth-order valence-corrected chi connectivity index (χ4v) is 2.17. The Hall–Kier alpha value is -2.95. The first kappa shape index (κ1) is 12.1. The minimum Gasteiger partial charge on any atom is -0.508 e. The van der Waals surface area contributed by atoms with Gasteiger partial charge in [-0.05, 0) is 17.7 Å². The molecule has 0 atom stereocenters. The number of phenols is 3. The fraction of sp³-hybridized carbons (Fsp3) is 0. The lowest BCUT2D eigenvalue weighted by Crippen LogP contribution is -2.06. The van der Waals surface area contributed by atoms with Crippen LogP contribution in [-0.2, 0) is 0 Å². The average molecular weight is 269 g/mol. The topological polar surface area (TPSA) is 93.5 Å². The molecule has 0 aliphatic heterocycles. The maximum Gasteiger partial charge on any atom is 0.200 e. The van der Waals surface area contributed by atoms with Gasteiger partial charge in [0.15, 0.2) is 0 Å². The van der Waals surface area contributed by atoms with Crippen LogP contribution in [0.15, 0.2) is 47.4 Å². The zero-order valence-electron chi connectivity index (χ0n) is 10.3. The number of aromatic hydroxyl groups is 3. The van der Waals surface area contributed by atoms with E-state index in [1.807, 2.05) is 0 Å². The summed E-state index contributed by atoms with van der Waals surface area (Å²) < 4.78 is 0. The summed E-state index contributed by atoms with van der Waals surface area (Å²) in [5, 5.41) is 28.6. The number of hydrogen-bond acceptors (Lipinski definition) is 4. The lowest BCUT2D eigenvalue weighted by Gasteiger charge is -2.06. The van der Waals surface area contributed by atoms with Crippen LogP contribution in [0.25, 0.3) is 22.0 Å². The van der Waals surface area contributed by atoms with Crippen molar-refractivity contribution in [1.29, 1.82) is 0 Å². The van der Waals surface area contributed by atoms with Crippen LogP contribution in [-0.4, -0.2) is 20.3 Å². The molecule has 2 aromatic carbocycles. The Morgan fingerprint density at radius 3 is 2.30 bits per heavy atom. The van der Waals surface area contributed by atoms with Crippen molar-refractivity contribution in [2.24, 2.45) is 0 Å². The third-order valence-electron chi connectivity index (χ3n) is 3.12. The Morgan fingerprint density at radius 1 is 0.900 bits per heavy atom. The van der Waals surface area contributed by atoms with E-state index in [0.717, 1.165) is 6.07 Å². The molecule has 5 heteroatoms. The van der Waals surface area contributed by atoms with Crippen LogP contribution in [0.3, 0.4) is 0 Å². The summed E-state index contributed by atoms with van der Waals surface area (Å²) in [4.78, 5) is 15.3. The summed E-state index contributed by atoms with van der Waals surface area (Å²) in [7, 11) is 0. The second kappa shape index (κ2) is 4.31. The van der Waals surface area contributed by atoms with Crippen molar-refractivity contribution in [3.8, 4) is 28.4 Å². The van der Waals surface area contributed by atoms with Gasteiger partial charge in [0.1, 0.15) is 17.2 Å². The van der Waals surface area contributed by atoms with Gasteiger partial charge in [-0.2, -0.15) is 0 Å². The predicted octanol–water partition coefficient (Wildman–Crippen LogP) is 2.31. The van der Waals surface area contributed by atoms with Gasteiger partial charge in [0.25, 0.3) is 0 Å². The maximum absolute atomic E-state index is 12.4. The molecule has 0 amide bonds. The molecule has 3 aromatic rings. The van der Waals surface area contributed by atoms with Crippen molar-refractivity contribution in [1.82, 2.24) is 4.98 Å². The van der Waals surface area contributed by atoms with Crippen molar-refractivity contribution >= 4 is 10.9 Å². The normalized spacial score (nSPS) is 10.8. The lowest BCUT2D eigenvalue weighted by atomic mass is 10.0. The Bertz CT molecular complexity index is 850. The van der Waals surface area contributed by atoms with Gasteiger partial charge < -0.3 is 20.3 Å². The molecule has 0 fully saturated rings. The van der Waals surface area contributed by atoms with E-state index < -0.39 is 0 Å². The first-order valence-corrected chi connectivity index (χ1v) is 5.93. The Kier molecular flexibility index (Phi) is 2.61. The molecule has 4 N–H and O–H groups in total. The van der Waals surface area contributed by atoms with Crippen molar-refractivity contribution < 1.29 is 15.3 Å². The van der Waals surface area contributed by atoms with Crippen LogP contribution in [0.2, 0.25) is 0 Å². The Morgan fingerprint density at radius 2 is 1.60 bits per heavy atom. The first-order chi connectivity index (χ1) is 9.56. The highest BCUT2D eigenvalue weighted by Crippen LogP contribution is 2.28. The molecule has 100 valence electrons. The van der Waals surface area contributed by atoms with Crippen LogP contribution in [0.1, 0.15) is 0 Å². The molecule has 0 bridgehead atoms. The molecule has 0 aliphatic carbocycles. The Balaban J connectivity index is 2.31. The van der Waals surface area contributed by atoms with Crippen LogP contribution in [0.4, 0.5) is 0 Å². The first-order valence-electron chi connectivity index (χ1n) is 5.93. The third-order valence-corrected chi connectivity index (χ3v) is 3.12. The van der Waals surface area contributed by atoms with Gasteiger partial charge in [0.05, 0.1) is 10.9 Å². The van der Waals surface area contributed by atoms with Crippen molar-refractivity contribution in [3.05, 3.63) is 52.8 Å². The summed E-state index contributed by atoms with van der Waals surface area (Å²) in [6.45, 7) is 0. The van der Waals surface area contributed by atoms with Gasteiger partial charge in [0.2, 0.25) is 5.43 Å². The van der Waals surface area contributed by atoms with E-state index >= 15 is 0 Å². The van der Waals surface area contributed by atoms with E-state index in [0.29, 0.717) is 16.6 Å². The summed E-state index contributed by atoms with van der Waals surface area (Å²) in [6.07, 6.45) is 1.51. The number of H-pyrrole nitrogens is 1. The number of aromatic amines is 1. The van der Waals surface area contributed by atoms with Crippen LogP contribution in [0, 0.1) is 0 Å². The van der Waals surface area contributed by atoms with Crippen molar-refractivity contribution in [3.63, 3.8) is 0 Å². The number of rotatable bonds is 1. The molecule has 0 saturated heterocycles. The number of pyridine rings is 1. The predicted molar refractivity (Wildman–Crippen MR) is 75.0 cm³/mol. The summed E-state index contributed by atoms with van der Waals surface area (Å²) in [5.74, 6) is -0.288. The fourth-order valence-electron chi connectivity index (χ4n) is 2.17. The van der Waals surface area contributed by atoms with Crippen LogP contribution in [0.5, 0.6) is 17.2 Å². The number of hydrogen-bond donors (Lipinski definition) is 4. The molecular weight excluding hydrogens is 258 g/mol. The molecule has 5 nitrogen and oxygen atoms in total. The number of aromatic nitrogens is 1. The van der Waals surface area contributed by atoms with Gasteiger partial charge in [0, 0.05) is 23.9 Å². The largest absolute Gasteiger partial charge is 0.508 e. The van der Waals surface area contributed by atoms with E-state index in [1.54, 1.807) is 12.1 Å². The zero-order chi connectivity index (χ0) is 14.3. The minimum atomic E-state index is -0.345. The average Bonchev–Trinajstić information content (AvgIpc) is 2.39. The Labute approximate surface area is 113 Å². The zero-order valence-corrected chi connectivity index (χ0v) is 10.3. The molecule has 3 rings (SSSR count). The number of phenolic OH excluding ortho intramolecular Hbond substituents is 3. The molecule has 0 radical (unpaired) electrons. The standard InChI is InChI=1S/C15H11NO4/c17-9-3-1-8(2-4-9)11-7-16-12-5-10(18)6-13(19)14(12)15(11)20/h1-7,17-19H,(H,16,20). The lowest BCUT2D eigenvalue weighted by molar-refractivity contribution is 0.455. The van der Waals surface area contributed by atoms with Gasteiger partial charge in [-0.25, -0.2) is 0 Å². The third kappa shape index (κ3) is 1.85. The molecule has 0 saturated carbocycles. The summed E-state index contributed by atoms with van der Waals surface area (Å²) in [5.41, 5.74) is 1.01. The number of benzene rings is 2. The molecule has 0 aliphatic rings. The minimum absolute atomic E-state index is 0.110. The van der Waals surface area contributed by atoms with E-state index in [4.69, 9.17) is 0 Å². The maximum atomic E-state index is 12.4. The molecular formula is C15H11NO4. The van der Waals surface area contributed by atoms with E-state index in [-0.39, 0.29) is 28.1 Å². The van der Waals surface area contributed by atoms with Gasteiger partial charge in [-0.3, -0.25) is 4.79 Å². The highest BCUT2D eigenvalue weighted by molar-refractivity contribution is 5.89. The van der Waals surface area contributed by atoms with Gasteiger partial charge in [-0.1, -0.05) is 12.1 Å². The SMILES string of the molecule is O=c1c(-c2ccc(O)cc2)c[nH]c2cc(O)cc(O)c12. The van der Waals surface area contributed by atoms with Crippen molar-refractivity contribution in [2.45, 2.75) is 0 Å². The smallest absolute Gasteiger partial charge is 0.200 e. The highest BCUT2D eigenvalue weighted by atomic mass is 16.3. The van der Waals surface area contributed by atoms with E-state index in [9.17, 15) is 20.1 Å². The van der Waals surface area contributed by atoms with Crippen LogP contribution < -0.4 is 5.43 Å². The summed E-state index contributed by atoms with van der Waals surface area (Å²) in [6, 6.07) is 8.69. The van der Waals surface area contributed by atoms with Gasteiger partial charge >= 0.3 is 0 Å². The quantitative estimate of drug-likeness (QED) is 0.545. The monoisotopic (exact) mass is 269 g/mol. The van der Waals surface area contributed by atoms with E-state index in [1.165, 1.54) is 24.4 Å². The highest BCUT2D eigenvalue weighted by Gasteiger charge is 2.12. The van der Waals surface area contributed by atoms with Crippen LogP contribution >= 0.6 is 0 Å². The molecule has 20 heavy (non-hydrogen) atoms. The number of fused-ring (bicyclic) bond motifs is 1. The van der Waals surface area contributed by atoms with Crippen molar-refractivity contribution in [2.75, 3.05) is 0 Å². The molecule has 1 heterocycles. The molecule has 1 aromatic heterocycles. The summed E-state index contributed by atoms with van der Waals surface area (Å²) >= 11 is 0. The van der Waals surface area contributed by atoms with Gasteiger partial charge in [-0.15, -0.1) is 0 Å². The number of nitrogens with one attached hydrogen (secondary N) is 1. The second-order valence-electron chi connectivity index (χ2n) is 4.47. The molecule has 0 spiro atoms. The second-order valence-corrected chi connectivity index (χ2v) is 4.47. The molecule has 0 unspecified atom stereocenters. The van der Waals surface area contributed by atoms with E-state index in [2.05, 4.69) is 4.98 Å².